The molecular weight excluding hydrogens is 168 g/mol. The van der Waals surface area contributed by atoms with Gasteiger partial charge in [0.1, 0.15) is 5.71 Å². The van der Waals surface area contributed by atoms with Crippen LogP contribution in [0.1, 0.15) is 6.42 Å². The van der Waals surface area contributed by atoms with Crippen molar-refractivity contribution >= 4 is 12.1 Å². The fourth-order valence-corrected chi connectivity index (χ4v) is 0.463. The van der Waals surface area contributed by atoms with Gasteiger partial charge in [-0.25, -0.2) is 13.8 Å². The van der Waals surface area contributed by atoms with Gasteiger partial charge in [0, 0.05) is 7.05 Å². The van der Waals surface area contributed by atoms with Gasteiger partial charge in [0.05, 0.1) is 12.5 Å². The van der Waals surface area contributed by atoms with E-state index in [4.69, 9.17) is 5.26 Å². The van der Waals surface area contributed by atoms with Crippen LogP contribution in [0.3, 0.4) is 0 Å². The SMILES string of the molecule is CN(C=O)/N=C(\CC#N)C(F)F. The summed E-state index contributed by atoms with van der Waals surface area (Å²) in [6.07, 6.45) is -3.00. The Morgan fingerprint density at radius 2 is 2.42 bits per heavy atom. The van der Waals surface area contributed by atoms with Gasteiger partial charge in [-0.15, -0.1) is 0 Å². The molecule has 0 bridgehead atoms. The van der Waals surface area contributed by atoms with Crippen molar-refractivity contribution in [3.63, 3.8) is 0 Å². The molecule has 0 unspecified atom stereocenters. The van der Waals surface area contributed by atoms with E-state index in [1.165, 1.54) is 13.1 Å². The van der Waals surface area contributed by atoms with Crippen LogP contribution in [0.5, 0.6) is 0 Å². The molecule has 0 radical (unpaired) electrons. The quantitative estimate of drug-likeness (QED) is 0.357. The Kier molecular flexibility index (Phi) is 4.53. The van der Waals surface area contributed by atoms with Crippen molar-refractivity contribution < 1.29 is 13.6 Å². The van der Waals surface area contributed by atoms with Crippen molar-refractivity contribution in [2.24, 2.45) is 5.10 Å². The zero-order valence-corrected chi connectivity index (χ0v) is 6.37. The molecule has 0 aromatic heterocycles. The van der Waals surface area contributed by atoms with Crippen molar-refractivity contribution in [2.45, 2.75) is 12.8 Å². The molecule has 0 aromatic rings. The largest absolute Gasteiger partial charge is 0.279 e. The lowest BCUT2D eigenvalue weighted by atomic mass is 10.3. The Balaban J connectivity index is 4.39. The van der Waals surface area contributed by atoms with E-state index in [9.17, 15) is 13.6 Å². The fourth-order valence-electron chi connectivity index (χ4n) is 0.463. The average molecular weight is 175 g/mol. The van der Waals surface area contributed by atoms with Gasteiger partial charge < -0.3 is 0 Å². The Hall–Kier alpha value is -1.51. The lowest BCUT2D eigenvalue weighted by Crippen LogP contribution is -2.17. The molecule has 0 fully saturated rings. The van der Waals surface area contributed by atoms with E-state index in [-0.39, 0.29) is 6.41 Å². The van der Waals surface area contributed by atoms with E-state index in [0.29, 0.717) is 5.01 Å². The highest BCUT2D eigenvalue weighted by molar-refractivity contribution is 5.89. The minimum Gasteiger partial charge on any atom is -0.277 e. The molecule has 0 atom stereocenters. The summed E-state index contributed by atoms with van der Waals surface area (Å²) < 4.78 is 23.9. The number of amides is 1. The molecule has 0 aliphatic carbocycles. The number of halogens is 2. The van der Waals surface area contributed by atoms with Crippen LogP contribution < -0.4 is 0 Å². The monoisotopic (exact) mass is 175 g/mol. The summed E-state index contributed by atoms with van der Waals surface area (Å²) in [7, 11) is 1.22. The van der Waals surface area contributed by atoms with Crippen LogP contribution in [0.25, 0.3) is 0 Å². The molecule has 12 heavy (non-hydrogen) atoms. The molecule has 0 saturated heterocycles. The number of nitrogens with zero attached hydrogens (tertiary/aromatic N) is 3. The van der Waals surface area contributed by atoms with E-state index >= 15 is 0 Å². The molecule has 0 heterocycles. The molecule has 1 amide bonds. The van der Waals surface area contributed by atoms with Crippen LogP contribution >= 0.6 is 0 Å². The first kappa shape index (κ1) is 10.5. The molecule has 0 aliphatic heterocycles. The molecule has 0 spiro atoms. The summed E-state index contributed by atoms with van der Waals surface area (Å²) >= 11 is 0. The predicted octanol–water partition coefficient (Wildman–Crippen LogP) is 0.609. The van der Waals surface area contributed by atoms with Crippen molar-refractivity contribution in [2.75, 3.05) is 7.05 Å². The molecule has 0 rings (SSSR count). The summed E-state index contributed by atoms with van der Waals surface area (Å²) in [5.41, 5.74) is -0.605. The number of hydrogen-bond acceptors (Lipinski definition) is 3. The smallest absolute Gasteiger partial charge is 0.277 e. The Morgan fingerprint density at radius 3 is 2.75 bits per heavy atom. The normalized spacial score (nSPS) is 11.1. The van der Waals surface area contributed by atoms with E-state index in [2.05, 4.69) is 5.10 Å². The third-order valence-corrected chi connectivity index (χ3v) is 0.951. The van der Waals surface area contributed by atoms with Crippen LogP contribution in [0.15, 0.2) is 5.10 Å². The van der Waals surface area contributed by atoms with Crippen molar-refractivity contribution in [3.8, 4) is 6.07 Å². The molecule has 0 aromatic carbocycles. The molecule has 4 nitrogen and oxygen atoms in total. The fraction of sp³-hybridized carbons (Fsp3) is 0.500. The summed E-state index contributed by atoms with van der Waals surface area (Å²) in [6.45, 7) is 0. The number of nitriles is 1. The minimum absolute atomic E-state index is 0.278. The van der Waals surface area contributed by atoms with E-state index in [1.807, 2.05) is 0 Å². The molecule has 0 aliphatic rings. The van der Waals surface area contributed by atoms with Gasteiger partial charge in [-0.3, -0.25) is 4.79 Å². The van der Waals surface area contributed by atoms with Crippen LogP contribution in [0.4, 0.5) is 8.78 Å². The second-order valence-electron chi connectivity index (χ2n) is 1.91. The van der Waals surface area contributed by atoms with E-state index < -0.39 is 18.6 Å². The van der Waals surface area contributed by atoms with E-state index in [0.717, 1.165) is 0 Å². The van der Waals surface area contributed by atoms with Gasteiger partial charge in [0.25, 0.3) is 6.43 Å². The van der Waals surface area contributed by atoms with Crippen LogP contribution in [0.2, 0.25) is 0 Å². The maximum absolute atomic E-state index is 12.0. The second-order valence-corrected chi connectivity index (χ2v) is 1.91. The first-order valence-corrected chi connectivity index (χ1v) is 3.02. The first-order chi connectivity index (χ1) is 5.61. The number of alkyl halides is 2. The maximum Gasteiger partial charge on any atom is 0.279 e. The predicted molar refractivity (Wildman–Crippen MR) is 37.5 cm³/mol. The second kappa shape index (κ2) is 5.18. The zero-order chi connectivity index (χ0) is 9.56. The van der Waals surface area contributed by atoms with Crippen LogP contribution in [-0.2, 0) is 4.79 Å². The van der Waals surface area contributed by atoms with Crippen LogP contribution in [0, 0.1) is 11.3 Å². The van der Waals surface area contributed by atoms with Crippen molar-refractivity contribution in [3.05, 3.63) is 0 Å². The van der Waals surface area contributed by atoms with E-state index in [1.54, 1.807) is 0 Å². The topological polar surface area (TPSA) is 56.5 Å². The molecule has 6 heteroatoms. The lowest BCUT2D eigenvalue weighted by Gasteiger charge is -2.05. The number of carbonyl (C=O) groups excluding carboxylic acids is 1. The maximum atomic E-state index is 12.0. The Bertz CT molecular complexity index is 221. The van der Waals surface area contributed by atoms with Gasteiger partial charge in [-0.05, 0) is 0 Å². The standard InChI is InChI=1S/C6H7F2N3O/c1-11(4-12)10-5(2-3-9)6(7)8/h4,6H,2H2,1H3/b10-5+. The van der Waals surface area contributed by atoms with Gasteiger partial charge in [0.2, 0.25) is 6.41 Å². The third-order valence-electron chi connectivity index (χ3n) is 0.951. The summed E-state index contributed by atoms with van der Waals surface area (Å²) in [6, 6.07) is 1.53. The number of carbonyl (C=O) groups is 1. The summed E-state index contributed by atoms with van der Waals surface area (Å²) in [5, 5.41) is 12.0. The Morgan fingerprint density at radius 1 is 1.83 bits per heavy atom. The third kappa shape index (κ3) is 3.61. The summed E-state index contributed by atoms with van der Waals surface area (Å²) in [5.74, 6) is 0. The lowest BCUT2D eigenvalue weighted by molar-refractivity contribution is -0.117. The first-order valence-electron chi connectivity index (χ1n) is 3.02. The average Bonchev–Trinajstić information content (AvgIpc) is 2.03. The number of rotatable bonds is 4. The zero-order valence-electron chi connectivity index (χ0n) is 6.37. The van der Waals surface area contributed by atoms with Gasteiger partial charge in [-0.2, -0.15) is 10.4 Å². The van der Waals surface area contributed by atoms with Crippen LogP contribution in [-0.4, -0.2) is 30.6 Å². The molecule has 66 valence electrons. The highest BCUT2D eigenvalue weighted by Crippen LogP contribution is 2.01. The molecular formula is C6H7F2N3O. The number of hydrogen-bond donors (Lipinski definition) is 0. The summed E-state index contributed by atoms with van der Waals surface area (Å²) in [4.78, 5) is 9.96. The number of hydrazone groups is 1. The molecule has 0 N–H and O–H groups in total. The highest BCUT2D eigenvalue weighted by atomic mass is 19.3. The Labute approximate surface area is 68.1 Å². The van der Waals surface area contributed by atoms with Gasteiger partial charge in [0.15, 0.2) is 0 Å². The van der Waals surface area contributed by atoms with Gasteiger partial charge >= 0.3 is 0 Å². The van der Waals surface area contributed by atoms with Crippen molar-refractivity contribution in [1.29, 1.82) is 5.26 Å². The minimum atomic E-state index is -2.80. The van der Waals surface area contributed by atoms with Crippen molar-refractivity contribution in [1.82, 2.24) is 5.01 Å². The highest BCUT2D eigenvalue weighted by Gasteiger charge is 2.13. The van der Waals surface area contributed by atoms with Gasteiger partial charge in [-0.1, -0.05) is 0 Å². The molecule has 0 saturated carbocycles.